The van der Waals surface area contributed by atoms with Gasteiger partial charge in [0.2, 0.25) is 10.0 Å². The number of ether oxygens (including phenoxy) is 1. The van der Waals surface area contributed by atoms with Gasteiger partial charge in [-0.05, 0) is 61.6 Å². The first-order chi connectivity index (χ1) is 12.0. The molecule has 1 aliphatic rings. The topological polar surface area (TPSA) is 59.5 Å². The Morgan fingerprint density at radius 3 is 2.44 bits per heavy atom. The van der Waals surface area contributed by atoms with E-state index in [4.69, 9.17) is 4.74 Å². The molecule has 25 heavy (non-hydrogen) atoms. The summed E-state index contributed by atoms with van der Waals surface area (Å²) in [5.41, 5.74) is 1.47. The van der Waals surface area contributed by atoms with Gasteiger partial charge in [-0.2, -0.15) is 0 Å². The van der Waals surface area contributed by atoms with Crippen molar-refractivity contribution in [1.29, 1.82) is 0 Å². The molecule has 0 N–H and O–H groups in total. The second kappa shape index (κ2) is 7.87. The Morgan fingerprint density at radius 1 is 1.12 bits per heavy atom. The molecular formula is C19H24N2O3S. The van der Waals surface area contributed by atoms with E-state index in [1.165, 1.54) is 29.8 Å². The van der Waals surface area contributed by atoms with E-state index in [2.05, 4.69) is 4.98 Å². The van der Waals surface area contributed by atoms with Crippen LogP contribution in [0.25, 0.3) is 0 Å². The standard InChI is InChI=1S/C19H24N2O3S/c1-25(22,23)21(15-16-6-5-13-20-14-16)17-9-11-19(12-10-17)24-18-7-3-2-4-8-18/h5-6,9-14,18H,2-4,7-8,15H2,1H3. The number of anilines is 1. The molecule has 0 bridgehead atoms. The Hall–Kier alpha value is -2.08. The van der Waals surface area contributed by atoms with E-state index in [-0.39, 0.29) is 12.6 Å². The van der Waals surface area contributed by atoms with Crippen LogP contribution in [0.2, 0.25) is 0 Å². The van der Waals surface area contributed by atoms with Gasteiger partial charge in [-0.3, -0.25) is 9.29 Å². The molecule has 0 amide bonds. The highest BCUT2D eigenvalue weighted by atomic mass is 32.2. The average molecular weight is 360 g/mol. The molecular weight excluding hydrogens is 336 g/mol. The summed E-state index contributed by atoms with van der Waals surface area (Å²) in [7, 11) is -3.39. The van der Waals surface area contributed by atoms with Crippen LogP contribution < -0.4 is 9.04 Å². The third-order valence-electron chi connectivity index (χ3n) is 4.43. The van der Waals surface area contributed by atoms with E-state index in [0.29, 0.717) is 5.69 Å². The van der Waals surface area contributed by atoms with Gasteiger partial charge in [0.25, 0.3) is 0 Å². The summed E-state index contributed by atoms with van der Waals surface area (Å²) in [6, 6.07) is 11.0. The maximum absolute atomic E-state index is 12.2. The van der Waals surface area contributed by atoms with Gasteiger partial charge in [0, 0.05) is 12.4 Å². The summed E-state index contributed by atoms with van der Waals surface area (Å²) in [6.45, 7) is 0.259. The fraction of sp³-hybridized carbons (Fsp3) is 0.421. The smallest absolute Gasteiger partial charge is 0.232 e. The number of pyridine rings is 1. The monoisotopic (exact) mass is 360 g/mol. The van der Waals surface area contributed by atoms with Gasteiger partial charge in [-0.15, -0.1) is 0 Å². The Balaban J connectivity index is 1.74. The van der Waals surface area contributed by atoms with Crippen LogP contribution in [-0.4, -0.2) is 25.8 Å². The first-order valence-electron chi connectivity index (χ1n) is 8.66. The van der Waals surface area contributed by atoms with Gasteiger partial charge in [0.05, 0.1) is 24.6 Å². The molecule has 6 heteroatoms. The number of hydrogen-bond donors (Lipinski definition) is 0. The van der Waals surface area contributed by atoms with Gasteiger partial charge < -0.3 is 4.74 Å². The minimum absolute atomic E-state index is 0.259. The SMILES string of the molecule is CS(=O)(=O)N(Cc1cccnc1)c1ccc(OC2CCCCC2)cc1. The summed E-state index contributed by atoms with van der Waals surface area (Å²) in [5, 5.41) is 0. The number of rotatable bonds is 6. The molecule has 1 fully saturated rings. The highest BCUT2D eigenvalue weighted by molar-refractivity contribution is 7.92. The average Bonchev–Trinajstić information content (AvgIpc) is 2.61. The lowest BCUT2D eigenvalue weighted by molar-refractivity contribution is 0.155. The van der Waals surface area contributed by atoms with Crippen molar-refractivity contribution in [2.75, 3.05) is 10.6 Å². The Kier molecular flexibility index (Phi) is 5.58. The lowest BCUT2D eigenvalue weighted by Gasteiger charge is -2.25. The largest absolute Gasteiger partial charge is 0.490 e. The summed E-state index contributed by atoms with van der Waals surface area (Å²) in [4.78, 5) is 4.05. The molecule has 1 aromatic heterocycles. The van der Waals surface area contributed by atoms with Crippen LogP contribution in [0.4, 0.5) is 5.69 Å². The minimum Gasteiger partial charge on any atom is -0.490 e. The van der Waals surface area contributed by atoms with Crippen molar-refractivity contribution in [3.8, 4) is 5.75 Å². The van der Waals surface area contributed by atoms with Crippen molar-refractivity contribution in [2.45, 2.75) is 44.8 Å². The molecule has 0 spiro atoms. The van der Waals surface area contributed by atoms with E-state index in [1.807, 2.05) is 18.2 Å². The quantitative estimate of drug-likeness (QED) is 0.787. The Labute approximate surface area is 149 Å². The van der Waals surface area contributed by atoms with E-state index in [0.717, 1.165) is 24.2 Å². The summed E-state index contributed by atoms with van der Waals surface area (Å²) >= 11 is 0. The fourth-order valence-electron chi connectivity index (χ4n) is 3.12. The zero-order valence-electron chi connectivity index (χ0n) is 14.5. The second-order valence-corrected chi connectivity index (χ2v) is 8.41. The normalized spacial score (nSPS) is 15.7. The summed E-state index contributed by atoms with van der Waals surface area (Å²) < 4.78 is 31.8. The summed E-state index contributed by atoms with van der Waals surface area (Å²) in [6.07, 6.45) is 10.8. The first kappa shape index (κ1) is 17.7. The van der Waals surface area contributed by atoms with Crippen molar-refractivity contribution >= 4 is 15.7 Å². The maximum atomic E-state index is 12.2. The number of aromatic nitrogens is 1. The van der Waals surface area contributed by atoms with Crippen molar-refractivity contribution in [2.24, 2.45) is 0 Å². The highest BCUT2D eigenvalue weighted by Crippen LogP contribution is 2.27. The molecule has 0 saturated heterocycles. The van der Waals surface area contributed by atoms with Gasteiger partial charge in [-0.25, -0.2) is 8.42 Å². The van der Waals surface area contributed by atoms with Crippen molar-refractivity contribution in [3.63, 3.8) is 0 Å². The lowest BCUT2D eigenvalue weighted by Crippen LogP contribution is -2.29. The minimum atomic E-state index is -3.39. The number of benzene rings is 1. The molecule has 0 atom stereocenters. The van der Waals surface area contributed by atoms with Crippen molar-refractivity contribution < 1.29 is 13.2 Å². The Morgan fingerprint density at radius 2 is 1.84 bits per heavy atom. The predicted molar refractivity (Wildman–Crippen MR) is 99.2 cm³/mol. The highest BCUT2D eigenvalue weighted by Gasteiger charge is 2.19. The number of sulfonamides is 1. The van der Waals surface area contributed by atoms with Gasteiger partial charge >= 0.3 is 0 Å². The molecule has 0 aliphatic heterocycles. The third kappa shape index (κ3) is 4.95. The van der Waals surface area contributed by atoms with E-state index in [9.17, 15) is 8.42 Å². The van der Waals surface area contributed by atoms with Gasteiger partial charge in [-0.1, -0.05) is 12.5 Å². The third-order valence-corrected chi connectivity index (χ3v) is 5.57. The number of nitrogens with zero attached hydrogens (tertiary/aromatic N) is 2. The lowest BCUT2D eigenvalue weighted by atomic mass is 9.98. The van der Waals surface area contributed by atoms with Crippen LogP contribution in [0.1, 0.15) is 37.7 Å². The van der Waals surface area contributed by atoms with Gasteiger partial charge in [0.1, 0.15) is 5.75 Å². The molecule has 1 saturated carbocycles. The summed E-state index contributed by atoms with van der Waals surface area (Å²) in [5.74, 6) is 0.797. The van der Waals surface area contributed by atoms with Crippen LogP contribution >= 0.6 is 0 Å². The molecule has 1 aromatic carbocycles. The molecule has 2 aromatic rings. The van der Waals surface area contributed by atoms with Crippen LogP contribution in [0.5, 0.6) is 5.75 Å². The zero-order valence-corrected chi connectivity index (χ0v) is 15.3. The first-order valence-corrected chi connectivity index (χ1v) is 10.5. The second-order valence-electron chi connectivity index (χ2n) is 6.50. The molecule has 1 aliphatic carbocycles. The molecule has 134 valence electrons. The molecule has 3 rings (SSSR count). The number of hydrogen-bond acceptors (Lipinski definition) is 4. The fourth-order valence-corrected chi connectivity index (χ4v) is 4.01. The van der Waals surface area contributed by atoms with Gasteiger partial charge in [0.15, 0.2) is 0 Å². The van der Waals surface area contributed by atoms with Crippen LogP contribution in [0.3, 0.4) is 0 Å². The predicted octanol–water partition coefficient (Wildman–Crippen LogP) is 3.76. The molecule has 5 nitrogen and oxygen atoms in total. The molecule has 1 heterocycles. The van der Waals surface area contributed by atoms with E-state index in [1.54, 1.807) is 30.6 Å². The maximum Gasteiger partial charge on any atom is 0.232 e. The van der Waals surface area contributed by atoms with E-state index < -0.39 is 10.0 Å². The van der Waals surface area contributed by atoms with E-state index >= 15 is 0 Å². The van der Waals surface area contributed by atoms with Crippen LogP contribution in [0.15, 0.2) is 48.8 Å². The zero-order chi connectivity index (χ0) is 17.7. The molecule has 0 radical (unpaired) electrons. The van der Waals surface area contributed by atoms with Crippen molar-refractivity contribution in [3.05, 3.63) is 54.4 Å². The van der Waals surface area contributed by atoms with Crippen LogP contribution in [0, 0.1) is 0 Å². The Bertz CT molecular complexity index is 770. The van der Waals surface area contributed by atoms with Crippen LogP contribution in [-0.2, 0) is 16.6 Å². The van der Waals surface area contributed by atoms with Crippen molar-refractivity contribution in [1.82, 2.24) is 4.98 Å². The molecule has 0 unspecified atom stereocenters.